The maximum absolute atomic E-state index is 2.46. The first kappa shape index (κ1) is 9.05. The van der Waals surface area contributed by atoms with Crippen molar-refractivity contribution >= 4 is 0 Å². The van der Waals surface area contributed by atoms with Crippen LogP contribution in [0.2, 0.25) is 0 Å². The van der Waals surface area contributed by atoms with Crippen molar-refractivity contribution in [2.24, 2.45) is 11.3 Å². The molecular weight excluding hydrogens is 134 g/mol. The van der Waals surface area contributed by atoms with E-state index in [0.29, 0.717) is 5.41 Å². The molecule has 0 aromatic carbocycles. The van der Waals surface area contributed by atoms with Gasteiger partial charge in [-0.15, -0.1) is 0 Å². The molecule has 66 valence electrons. The fraction of sp³-hybridized carbons (Fsp3) is 1.00. The molecule has 0 N–H and O–H groups in total. The zero-order chi connectivity index (χ0) is 8.48. The van der Waals surface area contributed by atoms with Gasteiger partial charge in [0.25, 0.3) is 0 Å². The highest BCUT2D eigenvalue weighted by Crippen LogP contribution is 2.32. The minimum Gasteiger partial charge on any atom is -0.306 e. The minimum absolute atomic E-state index is 0.574. The summed E-state index contributed by atoms with van der Waals surface area (Å²) in [5.41, 5.74) is 0.574. The monoisotopic (exact) mass is 155 g/mol. The van der Waals surface area contributed by atoms with E-state index in [1.807, 2.05) is 0 Å². The van der Waals surface area contributed by atoms with E-state index < -0.39 is 0 Å². The van der Waals surface area contributed by atoms with Crippen LogP contribution in [-0.4, -0.2) is 25.0 Å². The Morgan fingerprint density at radius 2 is 2.00 bits per heavy atom. The van der Waals surface area contributed by atoms with Gasteiger partial charge >= 0.3 is 0 Å². The van der Waals surface area contributed by atoms with Gasteiger partial charge in [0.1, 0.15) is 0 Å². The Bertz CT molecular complexity index is 129. The molecule has 1 atom stereocenters. The molecule has 1 nitrogen and oxygen atoms in total. The molecule has 1 saturated heterocycles. The predicted molar refractivity (Wildman–Crippen MR) is 49.7 cm³/mol. The van der Waals surface area contributed by atoms with Crippen LogP contribution in [0.5, 0.6) is 0 Å². The standard InChI is InChI=1S/C10H21N/c1-9-7-10(2,3)5-6-11(4)8-9/h9H,5-8H2,1-4H3. The molecule has 1 rings (SSSR count). The quantitative estimate of drug-likeness (QED) is 0.519. The normalized spacial score (nSPS) is 33.3. The Morgan fingerprint density at radius 3 is 2.64 bits per heavy atom. The van der Waals surface area contributed by atoms with Gasteiger partial charge in [0.05, 0.1) is 0 Å². The van der Waals surface area contributed by atoms with Crippen LogP contribution in [0.3, 0.4) is 0 Å². The molecule has 11 heavy (non-hydrogen) atoms. The second-order valence-corrected chi connectivity index (χ2v) is 4.99. The van der Waals surface area contributed by atoms with E-state index in [0.717, 1.165) is 5.92 Å². The SMILES string of the molecule is CC1CN(C)CCC(C)(C)C1. The van der Waals surface area contributed by atoms with E-state index in [-0.39, 0.29) is 0 Å². The Kier molecular flexibility index (Phi) is 2.58. The third kappa shape index (κ3) is 2.82. The Balaban J connectivity index is 2.53. The minimum atomic E-state index is 0.574. The second kappa shape index (κ2) is 3.14. The van der Waals surface area contributed by atoms with Gasteiger partial charge in [0.2, 0.25) is 0 Å². The summed E-state index contributed by atoms with van der Waals surface area (Å²) in [5, 5.41) is 0. The molecule has 1 fully saturated rings. The van der Waals surface area contributed by atoms with E-state index >= 15 is 0 Å². The maximum Gasteiger partial charge on any atom is 0.000417 e. The Labute approximate surface area is 70.8 Å². The molecule has 0 amide bonds. The Morgan fingerprint density at radius 1 is 1.36 bits per heavy atom. The van der Waals surface area contributed by atoms with Gasteiger partial charge in [-0.25, -0.2) is 0 Å². The molecule has 0 aliphatic carbocycles. The van der Waals surface area contributed by atoms with E-state index in [1.165, 1.54) is 25.9 Å². The second-order valence-electron chi connectivity index (χ2n) is 4.99. The number of likely N-dealkylation sites (tertiary alicyclic amines) is 1. The molecule has 0 radical (unpaired) electrons. The molecule has 0 saturated carbocycles. The molecule has 1 heterocycles. The van der Waals surface area contributed by atoms with Gasteiger partial charge < -0.3 is 4.90 Å². The van der Waals surface area contributed by atoms with E-state index in [2.05, 4.69) is 32.7 Å². The van der Waals surface area contributed by atoms with Gasteiger partial charge in [-0.3, -0.25) is 0 Å². The van der Waals surface area contributed by atoms with Gasteiger partial charge in [-0.1, -0.05) is 20.8 Å². The summed E-state index contributed by atoms with van der Waals surface area (Å²) in [4.78, 5) is 2.46. The molecule has 1 heteroatoms. The maximum atomic E-state index is 2.46. The summed E-state index contributed by atoms with van der Waals surface area (Å²) in [7, 11) is 2.23. The number of rotatable bonds is 0. The lowest BCUT2D eigenvalue weighted by atomic mass is 9.82. The van der Waals surface area contributed by atoms with Gasteiger partial charge in [-0.2, -0.15) is 0 Å². The lowest BCUT2D eigenvalue weighted by Crippen LogP contribution is -2.22. The first-order chi connectivity index (χ1) is 4.99. The van der Waals surface area contributed by atoms with Crippen molar-refractivity contribution in [1.29, 1.82) is 0 Å². The fourth-order valence-electron chi connectivity index (χ4n) is 2.23. The highest BCUT2D eigenvalue weighted by Gasteiger charge is 2.25. The van der Waals surface area contributed by atoms with Crippen LogP contribution in [0.15, 0.2) is 0 Å². The van der Waals surface area contributed by atoms with E-state index in [1.54, 1.807) is 0 Å². The number of nitrogens with zero attached hydrogens (tertiary/aromatic N) is 1. The van der Waals surface area contributed by atoms with Crippen LogP contribution in [0.1, 0.15) is 33.6 Å². The average Bonchev–Trinajstić information content (AvgIpc) is 1.90. The first-order valence-electron chi connectivity index (χ1n) is 4.68. The van der Waals surface area contributed by atoms with Crippen molar-refractivity contribution in [3.05, 3.63) is 0 Å². The van der Waals surface area contributed by atoms with Crippen LogP contribution in [0.25, 0.3) is 0 Å². The number of hydrogen-bond donors (Lipinski definition) is 0. The summed E-state index contributed by atoms with van der Waals surface area (Å²) in [6.45, 7) is 9.70. The highest BCUT2D eigenvalue weighted by molar-refractivity contribution is 4.78. The highest BCUT2D eigenvalue weighted by atomic mass is 15.1. The van der Waals surface area contributed by atoms with Crippen LogP contribution >= 0.6 is 0 Å². The van der Waals surface area contributed by atoms with Crippen molar-refractivity contribution in [2.75, 3.05) is 20.1 Å². The molecule has 0 aromatic rings. The van der Waals surface area contributed by atoms with Gasteiger partial charge in [-0.05, 0) is 37.8 Å². The fourth-order valence-corrected chi connectivity index (χ4v) is 2.23. The van der Waals surface area contributed by atoms with Crippen LogP contribution in [-0.2, 0) is 0 Å². The van der Waals surface area contributed by atoms with Crippen molar-refractivity contribution in [2.45, 2.75) is 33.6 Å². The average molecular weight is 155 g/mol. The van der Waals surface area contributed by atoms with Crippen LogP contribution in [0.4, 0.5) is 0 Å². The summed E-state index contributed by atoms with van der Waals surface area (Å²) < 4.78 is 0. The zero-order valence-corrected chi connectivity index (χ0v) is 8.35. The third-order valence-electron chi connectivity index (χ3n) is 2.69. The molecule has 0 bridgehead atoms. The summed E-state index contributed by atoms with van der Waals surface area (Å²) in [6, 6.07) is 0. The topological polar surface area (TPSA) is 3.24 Å². The van der Waals surface area contributed by atoms with Gasteiger partial charge in [0.15, 0.2) is 0 Å². The van der Waals surface area contributed by atoms with Crippen LogP contribution < -0.4 is 0 Å². The zero-order valence-electron chi connectivity index (χ0n) is 8.35. The summed E-state index contributed by atoms with van der Waals surface area (Å²) >= 11 is 0. The van der Waals surface area contributed by atoms with Crippen molar-refractivity contribution in [3.63, 3.8) is 0 Å². The van der Waals surface area contributed by atoms with E-state index in [9.17, 15) is 0 Å². The molecule has 0 aromatic heterocycles. The first-order valence-corrected chi connectivity index (χ1v) is 4.68. The predicted octanol–water partition coefficient (Wildman–Crippen LogP) is 2.37. The largest absolute Gasteiger partial charge is 0.306 e. The summed E-state index contributed by atoms with van der Waals surface area (Å²) in [5.74, 6) is 0.873. The summed E-state index contributed by atoms with van der Waals surface area (Å²) in [6.07, 6.45) is 2.74. The van der Waals surface area contributed by atoms with Crippen LogP contribution in [0, 0.1) is 11.3 Å². The van der Waals surface area contributed by atoms with Gasteiger partial charge in [0, 0.05) is 6.54 Å². The Hall–Kier alpha value is -0.0400. The molecule has 1 aliphatic rings. The molecule has 0 spiro atoms. The molecule has 1 aliphatic heterocycles. The van der Waals surface area contributed by atoms with Crippen molar-refractivity contribution in [3.8, 4) is 0 Å². The lowest BCUT2D eigenvalue weighted by Gasteiger charge is -2.23. The number of hydrogen-bond acceptors (Lipinski definition) is 1. The third-order valence-corrected chi connectivity index (χ3v) is 2.69. The smallest absolute Gasteiger partial charge is 0.000417 e. The lowest BCUT2D eigenvalue weighted by molar-refractivity contribution is 0.287. The van der Waals surface area contributed by atoms with E-state index in [4.69, 9.17) is 0 Å². The van der Waals surface area contributed by atoms with Crippen molar-refractivity contribution < 1.29 is 0 Å². The molecule has 1 unspecified atom stereocenters. The molecular formula is C10H21N. The van der Waals surface area contributed by atoms with Crippen molar-refractivity contribution in [1.82, 2.24) is 4.90 Å².